The van der Waals surface area contributed by atoms with Crippen LogP contribution in [-0.2, 0) is 16.6 Å². The van der Waals surface area contributed by atoms with Gasteiger partial charge in [-0.25, -0.2) is 0 Å². The monoisotopic (exact) mass is 693 g/mol. The van der Waals surface area contributed by atoms with Gasteiger partial charge in [0, 0.05) is 48.3 Å². The molecular formula is C40H52ClNO7. The summed E-state index contributed by atoms with van der Waals surface area (Å²) >= 11 is 6.75. The number of halogens is 1. The number of unbranched alkanes of at least 4 members (excludes halogenated alkanes) is 2. The van der Waals surface area contributed by atoms with Crippen LogP contribution in [0.5, 0.6) is 5.75 Å². The van der Waals surface area contributed by atoms with Crippen LogP contribution in [0, 0.1) is 5.92 Å². The van der Waals surface area contributed by atoms with Gasteiger partial charge in [-0.3, -0.25) is 9.78 Å². The number of carbonyl (C=O) groups excluding carboxylic acids is 1. The average Bonchev–Trinajstić information content (AvgIpc) is 4.07. The molecule has 0 spiro atoms. The molecule has 5 rings (SSSR count). The predicted molar refractivity (Wildman–Crippen MR) is 191 cm³/mol. The Morgan fingerprint density at radius 1 is 0.980 bits per heavy atom. The topological polar surface area (TPSA) is 140 Å². The molecule has 0 aliphatic heterocycles. The molecule has 0 saturated heterocycles. The number of aryl methyl sites for hydroxylation is 1. The predicted octanol–water partition coefficient (Wildman–Crippen LogP) is 6.30. The summed E-state index contributed by atoms with van der Waals surface area (Å²) in [6.45, 7) is 1.00. The third-order valence-electron chi connectivity index (χ3n) is 10.5. The van der Waals surface area contributed by atoms with E-state index in [1.807, 2.05) is 24.5 Å². The number of ether oxygens (including phenoxy) is 1. The molecule has 49 heavy (non-hydrogen) atoms. The van der Waals surface area contributed by atoms with E-state index in [-0.39, 0.29) is 17.6 Å². The minimum atomic E-state index is -1.63. The lowest BCUT2D eigenvalue weighted by Gasteiger charge is -2.27. The second kappa shape index (κ2) is 17.4. The number of rotatable bonds is 21. The minimum absolute atomic E-state index is 0.0778. The lowest BCUT2D eigenvalue weighted by atomic mass is 9.84. The molecule has 1 heterocycles. The first-order valence-electron chi connectivity index (χ1n) is 17.9. The van der Waals surface area contributed by atoms with E-state index in [1.165, 1.54) is 22.3 Å². The van der Waals surface area contributed by atoms with Gasteiger partial charge in [-0.15, -0.1) is 0 Å². The second-order valence-corrected chi connectivity index (χ2v) is 14.7. The summed E-state index contributed by atoms with van der Waals surface area (Å²) in [5, 5.41) is 49.1. The van der Waals surface area contributed by atoms with Crippen LogP contribution < -0.4 is 4.74 Å². The first-order chi connectivity index (χ1) is 23.7. The number of nitrogens with zero attached hydrogens (tertiary/aromatic N) is 1. The molecule has 8 nitrogen and oxygen atoms in total. The van der Waals surface area contributed by atoms with Crippen LogP contribution in [0.15, 0.2) is 60.9 Å². The molecule has 5 N–H and O–H groups in total. The zero-order valence-corrected chi connectivity index (χ0v) is 29.3. The fourth-order valence-corrected chi connectivity index (χ4v) is 7.11. The summed E-state index contributed by atoms with van der Waals surface area (Å²) in [4.78, 5) is 17.1. The van der Waals surface area contributed by atoms with Crippen molar-refractivity contribution < 1.29 is 35.1 Å². The van der Waals surface area contributed by atoms with E-state index in [2.05, 4.69) is 48.3 Å². The van der Waals surface area contributed by atoms with Crippen molar-refractivity contribution >= 4 is 17.4 Å². The molecule has 266 valence electrons. The summed E-state index contributed by atoms with van der Waals surface area (Å²) in [5.41, 5.74) is 6.15. The normalized spacial score (nSPS) is 18.3. The van der Waals surface area contributed by atoms with E-state index < -0.39 is 37.4 Å². The van der Waals surface area contributed by atoms with Crippen molar-refractivity contribution in [3.05, 3.63) is 82.6 Å². The zero-order chi connectivity index (χ0) is 35.0. The Hall–Kier alpha value is -2.85. The molecule has 9 heteroatoms. The highest BCUT2D eigenvalue weighted by atomic mass is 35.5. The van der Waals surface area contributed by atoms with E-state index >= 15 is 0 Å². The van der Waals surface area contributed by atoms with Crippen LogP contribution in [0.2, 0.25) is 5.02 Å². The van der Waals surface area contributed by atoms with Gasteiger partial charge in [0.05, 0.1) is 18.8 Å². The van der Waals surface area contributed by atoms with Gasteiger partial charge in [0.1, 0.15) is 23.7 Å². The first-order valence-corrected chi connectivity index (χ1v) is 18.3. The van der Waals surface area contributed by atoms with Gasteiger partial charge in [-0.05, 0) is 103 Å². The summed E-state index contributed by atoms with van der Waals surface area (Å²) in [6, 6.07) is 16.9. The molecule has 2 saturated carbocycles. The third kappa shape index (κ3) is 9.90. The van der Waals surface area contributed by atoms with Gasteiger partial charge >= 0.3 is 0 Å². The number of carbonyl (C=O) groups is 1. The fraction of sp³-hybridized carbons (Fsp3) is 0.550. The van der Waals surface area contributed by atoms with E-state index in [0.29, 0.717) is 24.9 Å². The van der Waals surface area contributed by atoms with Gasteiger partial charge in [0.15, 0.2) is 0 Å². The smallest absolute Gasteiger partial charge is 0.133 e. The highest BCUT2D eigenvalue weighted by molar-refractivity contribution is 6.31. The molecular weight excluding hydrogens is 642 g/mol. The van der Waals surface area contributed by atoms with Crippen molar-refractivity contribution in [3.8, 4) is 16.9 Å². The maximum absolute atomic E-state index is 12.5. The van der Waals surface area contributed by atoms with Gasteiger partial charge < -0.3 is 30.3 Å². The molecule has 2 fully saturated rings. The quantitative estimate of drug-likeness (QED) is 0.0819. The van der Waals surface area contributed by atoms with Gasteiger partial charge in [0.25, 0.3) is 0 Å². The maximum atomic E-state index is 12.5. The molecule has 2 aromatic carbocycles. The third-order valence-corrected chi connectivity index (χ3v) is 10.9. The van der Waals surface area contributed by atoms with Crippen LogP contribution in [0.4, 0.5) is 0 Å². The van der Waals surface area contributed by atoms with Crippen molar-refractivity contribution in [1.82, 2.24) is 4.98 Å². The van der Waals surface area contributed by atoms with Crippen molar-refractivity contribution in [2.24, 2.45) is 5.92 Å². The fourth-order valence-electron chi connectivity index (χ4n) is 6.90. The van der Waals surface area contributed by atoms with Crippen LogP contribution in [0.1, 0.15) is 100 Å². The minimum Gasteiger partial charge on any atom is -0.490 e. The highest BCUT2D eigenvalue weighted by Gasteiger charge is 2.45. The standard InChI is InChI=1S/C40H52ClNO7/c1-26(7-3-2-4-8-30(45)22-29(24-43)38(47)39(48)36(46)25-44)27-11-14-35(41)28(21-27)15-17-40(18-19-40)34-23-42-20-16-32(34)33-9-5-6-10-37(33)49-31-12-13-31/h5-6,9-11,14,16,20-21,23,26,29,31,36,38-39,43-44,46-48H,2-4,7-8,12-13,15,17-19,22,24-25H2,1H3/t26?,29-,36+,38+,39+/m0/s1. The number of aliphatic hydroxyl groups is 5. The number of hydrogen-bond acceptors (Lipinski definition) is 8. The molecule has 2 aliphatic rings. The number of hydrogen-bond donors (Lipinski definition) is 5. The second-order valence-electron chi connectivity index (χ2n) is 14.3. The summed E-state index contributed by atoms with van der Waals surface area (Å²) in [6.07, 6.45) is 9.70. The molecule has 5 atom stereocenters. The van der Waals surface area contributed by atoms with Crippen molar-refractivity contribution in [3.63, 3.8) is 0 Å². The summed E-state index contributed by atoms with van der Waals surface area (Å²) in [5.74, 6) is 0.282. The number of para-hydroxylation sites is 1. The first kappa shape index (κ1) is 37.4. The van der Waals surface area contributed by atoms with Gasteiger partial charge in [-0.1, -0.05) is 61.7 Å². The van der Waals surface area contributed by atoms with Crippen molar-refractivity contribution in [1.29, 1.82) is 0 Å². The Kier molecular flexibility index (Phi) is 13.3. The Balaban J connectivity index is 1.12. The van der Waals surface area contributed by atoms with E-state index in [4.69, 9.17) is 21.4 Å². The molecule has 2 aliphatic carbocycles. The molecule has 3 aromatic rings. The van der Waals surface area contributed by atoms with E-state index in [9.17, 15) is 25.2 Å². The van der Waals surface area contributed by atoms with Gasteiger partial charge in [-0.2, -0.15) is 0 Å². The lowest BCUT2D eigenvalue weighted by Crippen LogP contribution is -2.45. The molecule has 0 amide bonds. The number of pyridine rings is 1. The van der Waals surface area contributed by atoms with Crippen LogP contribution >= 0.6 is 11.6 Å². The van der Waals surface area contributed by atoms with Gasteiger partial charge in [0.2, 0.25) is 0 Å². The molecule has 1 unspecified atom stereocenters. The Morgan fingerprint density at radius 3 is 2.47 bits per heavy atom. The number of benzene rings is 2. The molecule has 0 bridgehead atoms. The van der Waals surface area contributed by atoms with Crippen LogP contribution in [0.3, 0.4) is 0 Å². The molecule has 0 radical (unpaired) electrons. The van der Waals surface area contributed by atoms with Crippen LogP contribution in [-0.4, -0.2) is 73.9 Å². The Bertz CT molecular complexity index is 1520. The average molecular weight is 694 g/mol. The lowest BCUT2D eigenvalue weighted by molar-refractivity contribution is -0.127. The van der Waals surface area contributed by atoms with E-state index in [0.717, 1.165) is 74.1 Å². The number of aromatic nitrogens is 1. The summed E-state index contributed by atoms with van der Waals surface area (Å²) < 4.78 is 6.28. The highest BCUT2D eigenvalue weighted by Crippen LogP contribution is 2.55. The summed E-state index contributed by atoms with van der Waals surface area (Å²) in [7, 11) is 0. The Morgan fingerprint density at radius 2 is 1.76 bits per heavy atom. The largest absolute Gasteiger partial charge is 0.490 e. The van der Waals surface area contributed by atoms with Crippen LogP contribution in [0.25, 0.3) is 11.1 Å². The SMILES string of the molecule is CC(CCCCCC(=O)C[C@@H](CO)[C@@H](O)[C@H](O)[C@H](O)CO)c1ccc(Cl)c(CCC2(c3cnccc3-c3ccccc3OC3CC3)CC2)c1. The maximum Gasteiger partial charge on any atom is 0.133 e. The Labute approximate surface area is 295 Å². The number of Topliss-reactive ketones (excluding diaryl/α,β-unsaturated/α-hetero) is 1. The van der Waals surface area contributed by atoms with Crippen molar-refractivity contribution in [2.75, 3.05) is 13.2 Å². The number of ketones is 1. The van der Waals surface area contributed by atoms with E-state index in [1.54, 1.807) is 0 Å². The number of aliphatic hydroxyl groups excluding tert-OH is 5. The zero-order valence-electron chi connectivity index (χ0n) is 28.5. The van der Waals surface area contributed by atoms with Crippen molar-refractivity contribution in [2.45, 2.75) is 120 Å². The molecule has 1 aromatic heterocycles.